The Morgan fingerprint density at radius 2 is 0.975 bits per heavy atom. The summed E-state index contributed by atoms with van der Waals surface area (Å²) in [4.78, 5) is 20.8. The summed E-state index contributed by atoms with van der Waals surface area (Å²) in [7, 11) is -12.0. The van der Waals surface area contributed by atoms with E-state index in [1.54, 1.807) is 33.3 Å². The summed E-state index contributed by atoms with van der Waals surface area (Å²) in [6.07, 6.45) is 1.66. The van der Waals surface area contributed by atoms with Crippen molar-refractivity contribution >= 4 is 42.8 Å². The molecule has 0 amide bonds. The van der Waals surface area contributed by atoms with E-state index in [4.69, 9.17) is 26.9 Å². The van der Waals surface area contributed by atoms with E-state index in [2.05, 4.69) is 11.9 Å². The van der Waals surface area contributed by atoms with Crippen molar-refractivity contribution in [1.29, 1.82) is 0 Å². The Labute approximate surface area is 261 Å². The maximum Gasteiger partial charge on any atom is 0.320 e. The van der Waals surface area contributed by atoms with Gasteiger partial charge in [-0.3, -0.25) is 0 Å². The van der Waals surface area contributed by atoms with Crippen molar-refractivity contribution < 1.29 is 30.8 Å². The molecule has 9 nitrogen and oxygen atoms in total. The van der Waals surface area contributed by atoms with Crippen molar-refractivity contribution in [3.8, 4) is 0 Å². The molecule has 0 aromatic carbocycles. The molecule has 14 heteroatoms. The zero-order chi connectivity index (χ0) is 24.4. The second-order valence-electron chi connectivity index (χ2n) is 9.71. The Morgan fingerprint density at radius 3 is 1.35 bits per heavy atom. The first-order valence-electron chi connectivity index (χ1n) is 11.1. The summed E-state index contributed by atoms with van der Waals surface area (Å²) >= 11 is 0. The number of ether oxygens (including phenoxy) is 1. The molecule has 0 heterocycles. The van der Waals surface area contributed by atoms with Crippen LogP contribution in [0, 0.1) is 0 Å². The standard InChI is InChI=1S/C17H48N2O7Si5.9CH4/c1-22-15-11-17-30(8,24-28(4,5)21)26-31(9,16-10-13-19-14-12-18)25-29(6,7)23-27(2,3)20;;;;;;;;;/h19-21H,10-18H2,1-9H3;9*1H4. The quantitative estimate of drug-likeness (QED) is 0.0844. The smallest absolute Gasteiger partial charge is 0.320 e. The van der Waals surface area contributed by atoms with Gasteiger partial charge in [0.2, 0.25) is 0 Å². The molecule has 260 valence electrons. The van der Waals surface area contributed by atoms with Crippen LogP contribution in [0.25, 0.3) is 0 Å². The molecule has 5 N–H and O–H groups in total. The fourth-order valence-corrected chi connectivity index (χ4v) is 25.4. The van der Waals surface area contributed by atoms with Crippen LogP contribution in [-0.2, 0) is 21.2 Å². The van der Waals surface area contributed by atoms with Gasteiger partial charge in [0.05, 0.1) is 0 Å². The highest BCUT2D eigenvalue weighted by molar-refractivity contribution is 6.89. The van der Waals surface area contributed by atoms with Gasteiger partial charge >= 0.3 is 42.8 Å². The summed E-state index contributed by atoms with van der Waals surface area (Å²) in [5, 5.41) is 3.32. The molecule has 0 aliphatic heterocycles. The Morgan fingerprint density at radius 1 is 0.575 bits per heavy atom. The van der Waals surface area contributed by atoms with Crippen molar-refractivity contribution in [2.45, 2.75) is 144 Å². The fraction of sp³-hybridized carbons (Fsp3) is 1.00. The number of nitrogens with one attached hydrogen (secondary N) is 1. The van der Waals surface area contributed by atoms with Crippen LogP contribution in [0.2, 0.25) is 64.5 Å². The Hall–Kier alpha value is 0.724. The van der Waals surface area contributed by atoms with Crippen LogP contribution < -0.4 is 11.1 Å². The molecular weight excluding hydrogens is 593 g/mol. The second-order valence-corrected chi connectivity index (χ2v) is 27.1. The van der Waals surface area contributed by atoms with Gasteiger partial charge < -0.3 is 41.8 Å². The molecule has 0 aromatic heterocycles. The molecule has 0 saturated carbocycles. The van der Waals surface area contributed by atoms with Crippen LogP contribution in [0.4, 0.5) is 0 Å². The Bertz CT molecular complexity index is 515. The highest BCUT2D eigenvalue weighted by Crippen LogP contribution is 2.31. The zero-order valence-corrected chi connectivity index (χ0v) is 26.2. The van der Waals surface area contributed by atoms with E-state index in [1.807, 2.05) is 19.6 Å². The predicted octanol–water partition coefficient (Wildman–Crippen LogP) is 7.99. The monoisotopic (exact) mass is 677 g/mol. The average Bonchev–Trinajstić information content (AvgIpc) is 2.49. The lowest BCUT2D eigenvalue weighted by Gasteiger charge is -2.43. The average molecular weight is 677 g/mol. The van der Waals surface area contributed by atoms with Gasteiger partial charge in [0.15, 0.2) is 0 Å². The minimum Gasteiger partial charge on any atom is -0.416 e. The maximum atomic E-state index is 10.5. The lowest BCUT2D eigenvalue weighted by molar-refractivity contribution is 0.194. The van der Waals surface area contributed by atoms with Crippen LogP contribution >= 0.6 is 0 Å². The molecule has 0 saturated heterocycles. The lowest BCUT2D eigenvalue weighted by Crippen LogP contribution is -2.61. The van der Waals surface area contributed by atoms with E-state index >= 15 is 0 Å². The van der Waals surface area contributed by atoms with E-state index in [9.17, 15) is 9.59 Å². The third kappa shape index (κ3) is 36.8. The molecule has 0 aromatic rings. The van der Waals surface area contributed by atoms with E-state index in [0.717, 1.165) is 32.0 Å². The Kier molecular flexibility index (Phi) is 50.7. The SMILES string of the molecule is C.C.C.C.C.C.C.C.C.COCCC[Si](C)(O[Si](C)(C)O)O[Si](C)(CCCNCCN)O[Si](C)(C)O[Si](C)(C)O. The highest BCUT2D eigenvalue weighted by Gasteiger charge is 2.49. The molecule has 0 bridgehead atoms. The molecule has 0 radical (unpaired) electrons. The number of nitrogens with two attached hydrogens (primary N) is 1. The maximum absolute atomic E-state index is 10.5. The van der Waals surface area contributed by atoms with E-state index in [0.29, 0.717) is 19.2 Å². The van der Waals surface area contributed by atoms with Crippen molar-refractivity contribution in [3.05, 3.63) is 0 Å². The molecule has 2 unspecified atom stereocenters. The minimum absolute atomic E-state index is 0. The van der Waals surface area contributed by atoms with Crippen molar-refractivity contribution in [3.63, 3.8) is 0 Å². The molecular formula is C26H84N2O7Si5. The van der Waals surface area contributed by atoms with Gasteiger partial charge in [-0.15, -0.1) is 0 Å². The van der Waals surface area contributed by atoms with Crippen molar-refractivity contribution in [1.82, 2.24) is 5.32 Å². The van der Waals surface area contributed by atoms with Crippen LogP contribution in [-0.4, -0.2) is 85.7 Å². The fourth-order valence-electron chi connectivity index (χ4n) is 3.67. The second kappa shape index (κ2) is 29.8. The molecule has 40 heavy (non-hydrogen) atoms. The first kappa shape index (κ1) is 68.1. The number of methoxy groups -OCH3 is 1. The van der Waals surface area contributed by atoms with Gasteiger partial charge in [0.25, 0.3) is 0 Å². The molecule has 2 atom stereocenters. The van der Waals surface area contributed by atoms with E-state index < -0.39 is 42.8 Å². The topological polar surface area (TPSA) is 125 Å². The van der Waals surface area contributed by atoms with Crippen LogP contribution in [0.15, 0.2) is 0 Å². The summed E-state index contributed by atoms with van der Waals surface area (Å²) in [6, 6.07) is 1.46. The zero-order valence-electron chi connectivity index (χ0n) is 21.2. The van der Waals surface area contributed by atoms with Crippen molar-refractivity contribution in [2.75, 3.05) is 33.4 Å². The minimum atomic E-state index is -2.82. The normalized spacial score (nSPS) is 13.5. The number of hydrogen-bond acceptors (Lipinski definition) is 9. The van der Waals surface area contributed by atoms with Crippen LogP contribution in [0.5, 0.6) is 0 Å². The molecule has 0 spiro atoms. The van der Waals surface area contributed by atoms with Gasteiger partial charge in [-0.05, 0) is 83.9 Å². The highest BCUT2D eigenvalue weighted by atomic mass is 28.5. The van der Waals surface area contributed by atoms with Crippen molar-refractivity contribution in [2.24, 2.45) is 5.73 Å². The molecule has 0 aliphatic rings. The first-order valence-corrected chi connectivity index (χ1v) is 24.7. The van der Waals surface area contributed by atoms with Gasteiger partial charge in [-0.1, -0.05) is 66.8 Å². The third-order valence-electron chi connectivity index (χ3n) is 4.14. The number of rotatable bonds is 18. The Balaban J connectivity index is -0.000000125. The number of hydrogen-bond donors (Lipinski definition) is 4. The summed E-state index contributed by atoms with van der Waals surface area (Å²) in [6.45, 7) is 17.8. The molecule has 0 fully saturated rings. The van der Waals surface area contributed by atoms with E-state index in [-0.39, 0.29) is 66.8 Å². The first-order chi connectivity index (χ1) is 13.9. The lowest BCUT2D eigenvalue weighted by atomic mass is 10.5. The van der Waals surface area contributed by atoms with Gasteiger partial charge in [0.1, 0.15) is 0 Å². The van der Waals surface area contributed by atoms with Crippen LogP contribution in [0.1, 0.15) is 79.7 Å². The molecule has 0 aliphatic carbocycles. The molecule has 0 rings (SSSR count). The third-order valence-corrected chi connectivity index (χ3v) is 21.5. The summed E-state index contributed by atoms with van der Waals surface area (Å²) in [5.74, 6) is 0. The van der Waals surface area contributed by atoms with Gasteiger partial charge in [-0.25, -0.2) is 0 Å². The van der Waals surface area contributed by atoms with Crippen LogP contribution in [0.3, 0.4) is 0 Å². The summed E-state index contributed by atoms with van der Waals surface area (Å²) in [5.41, 5.74) is 5.56. The summed E-state index contributed by atoms with van der Waals surface area (Å²) < 4.78 is 30.9. The predicted molar refractivity (Wildman–Crippen MR) is 198 cm³/mol. The van der Waals surface area contributed by atoms with Gasteiger partial charge in [0, 0.05) is 26.8 Å². The van der Waals surface area contributed by atoms with Gasteiger partial charge in [-0.2, -0.15) is 0 Å². The van der Waals surface area contributed by atoms with E-state index in [1.165, 1.54) is 0 Å². The largest absolute Gasteiger partial charge is 0.416 e.